The van der Waals surface area contributed by atoms with Crippen LogP contribution in [0.2, 0.25) is 0 Å². The van der Waals surface area contributed by atoms with E-state index in [9.17, 15) is 5.11 Å². The molecule has 1 aromatic carbocycles. The molecule has 1 aliphatic rings. The van der Waals surface area contributed by atoms with Gasteiger partial charge in [0.15, 0.2) is 0 Å². The molecule has 5 heteroatoms. The zero-order chi connectivity index (χ0) is 18.8. The van der Waals surface area contributed by atoms with Gasteiger partial charge in [-0.05, 0) is 43.7 Å². The third-order valence-corrected chi connectivity index (χ3v) is 5.62. The first-order valence-electron chi connectivity index (χ1n) is 9.59. The monoisotopic (exact) mass is 357 g/mol. The molecule has 0 radical (unpaired) electrons. The summed E-state index contributed by atoms with van der Waals surface area (Å²) in [4.78, 5) is 11.3. The first-order chi connectivity index (χ1) is 12.3. The molecule has 1 aliphatic heterocycles. The van der Waals surface area contributed by atoms with Crippen LogP contribution in [0.1, 0.15) is 45.9 Å². The second-order valence-electron chi connectivity index (χ2n) is 8.42. The zero-order valence-electron chi connectivity index (χ0n) is 16.5. The van der Waals surface area contributed by atoms with E-state index in [1.807, 2.05) is 31.2 Å². The molecule has 0 unspecified atom stereocenters. The van der Waals surface area contributed by atoms with Crippen molar-refractivity contribution in [2.24, 2.45) is 5.41 Å². The van der Waals surface area contributed by atoms with Crippen molar-refractivity contribution < 1.29 is 9.84 Å². The van der Waals surface area contributed by atoms with Crippen molar-refractivity contribution in [3.63, 3.8) is 0 Å². The van der Waals surface area contributed by atoms with Gasteiger partial charge in [-0.15, -0.1) is 0 Å². The van der Waals surface area contributed by atoms with Gasteiger partial charge in [0.2, 0.25) is 5.88 Å². The van der Waals surface area contributed by atoms with E-state index in [0.717, 1.165) is 55.6 Å². The molecule has 142 valence electrons. The summed E-state index contributed by atoms with van der Waals surface area (Å²) < 4.78 is 5.96. The maximum absolute atomic E-state index is 10.8. The third kappa shape index (κ3) is 4.15. The minimum absolute atomic E-state index is 0.0614. The van der Waals surface area contributed by atoms with E-state index in [1.165, 1.54) is 0 Å². The first-order valence-corrected chi connectivity index (χ1v) is 9.59. The van der Waals surface area contributed by atoms with Gasteiger partial charge >= 0.3 is 0 Å². The average molecular weight is 357 g/mol. The fourth-order valence-electron chi connectivity index (χ4n) is 3.62. The Bertz CT molecular complexity index is 746. The van der Waals surface area contributed by atoms with E-state index in [0.29, 0.717) is 12.5 Å². The summed E-state index contributed by atoms with van der Waals surface area (Å²) in [6.07, 6.45) is 2.63. The van der Waals surface area contributed by atoms with E-state index in [2.05, 4.69) is 35.6 Å². The molecule has 0 saturated carbocycles. The fraction of sp³-hybridized carbons (Fsp3) is 0.619. The lowest BCUT2D eigenvalue weighted by molar-refractivity contribution is -0.0990. The van der Waals surface area contributed by atoms with Gasteiger partial charge in [-0.25, -0.2) is 4.98 Å². The van der Waals surface area contributed by atoms with E-state index in [-0.39, 0.29) is 5.41 Å². The molecule has 1 fully saturated rings. The summed E-state index contributed by atoms with van der Waals surface area (Å²) in [5.41, 5.74) is 0.318. The fourth-order valence-corrected chi connectivity index (χ4v) is 3.62. The Morgan fingerprint density at radius 2 is 1.85 bits per heavy atom. The number of para-hydroxylation sites is 1. The van der Waals surface area contributed by atoms with Crippen molar-refractivity contribution in [2.45, 2.75) is 52.6 Å². The lowest BCUT2D eigenvalue weighted by Gasteiger charge is -2.46. The quantitative estimate of drug-likeness (QED) is 0.829. The normalized spacial score (nSPS) is 18.2. The van der Waals surface area contributed by atoms with E-state index < -0.39 is 5.60 Å². The molecule has 1 aromatic heterocycles. The van der Waals surface area contributed by atoms with Crippen LogP contribution in [-0.2, 0) is 0 Å². The Morgan fingerprint density at radius 1 is 1.15 bits per heavy atom. The van der Waals surface area contributed by atoms with Crippen molar-refractivity contribution in [1.82, 2.24) is 14.9 Å². The maximum atomic E-state index is 10.8. The van der Waals surface area contributed by atoms with Crippen molar-refractivity contribution in [3.8, 4) is 5.88 Å². The van der Waals surface area contributed by atoms with Gasteiger partial charge in [0.05, 0.1) is 23.1 Å². The summed E-state index contributed by atoms with van der Waals surface area (Å²) in [5.74, 6) is 1.41. The number of aromatic nitrogens is 2. The van der Waals surface area contributed by atoms with Crippen LogP contribution < -0.4 is 4.74 Å². The van der Waals surface area contributed by atoms with E-state index in [1.54, 1.807) is 0 Å². The highest BCUT2D eigenvalue weighted by atomic mass is 16.5. The highest BCUT2D eigenvalue weighted by Crippen LogP contribution is 2.38. The number of piperidine rings is 1. The number of likely N-dealkylation sites (tertiary alicyclic amines) is 1. The second-order valence-corrected chi connectivity index (χ2v) is 8.42. The Balaban J connectivity index is 1.49. The predicted octanol–water partition coefficient (Wildman–Crippen LogP) is 3.58. The molecular formula is C21H31N3O2. The van der Waals surface area contributed by atoms with Crippen LogP contribution in [0.15, 0.2) is 24.3 Å². The number of fused-ring (bicyclic) bond motifs is 1. The van der Waals surface area contributed by atoms with E-state index in [4.69, 9.17) is 4.74 Å². The summed E-state index contributed by atoms with van der Waals surface area (Å²) >= 11 is 0. The molecule has 0 bridgehead atoms. The third-order valence-electron chi connectivity index (χ3n) is 5.62. The molecular weight excluding hydrogens is 326 g/mol. The van der Waals surface area contributed by atoms with Crippen LogP contribution in [0.25, 0.3) is 10.9 Å². The molecule has 5 nitrogen and oxygen atoms in total. The molecule has 2 aromatic rings. The highest BCUT2D eigenvalue weighted by Gasteiger charge is 2.42. The summed E-state index contributed by atoms with van der Waals surface area (Å²) in [5, 5.41) is 11.8. The average Bonchev–Trinajstić information content (AvgIpc) is 2.59. The first kappa shape index (κ1) is 19.1. The molecule has 3 rings (SSSR count). The van der Waals surface area contributed by atoms with Crippen LogP contribution in [0.4, 0.5) is 0 Å². The lowest BCUT2D eigenvalue weighted by atomic mass is 9.71. The van der Waals surface area contributed by atoms with Crippen LogP contribution in [0.3, 0.4) is 0 Å². The number of hydrogen-bond acceptors (Lipinski definition) is 5. The zero-order valence-corrected chi connectivity index (χ0v) is 16.5. The summed E-state index contributed by atoms with van der Waals surface area (Å²) in [6, 6.07) is 7.95. The predicted molar refractivity (Wildman–Crippen MR) is 104 cm³/mol. The van der Waals surface area contributed by atoms with E-state index >= 15 is 0 Å². The molecule has 1 N–H and O–H groups in total. The topological polar surface area (TPSA) is 58.5 Å². The van der Waals surface area contributed by atoms with Gasteiger partial charge in [-0.2, -0.15) is 4.98 Å². The van der Waals surface area contributed by atoms with Crippen molar-refractivity contribution >= 4 is 10.9 Å². The number of aliphatic hydroxyl groups is 1. The van der Waals surface area contributed by atoms with Crippen LogP contribution in [-0.4, -0.2) is 51.8 Å². The van der Waals surface area contributed by atoms with Crippen molar-refractivity contribution in [2.75, 3.05) is 26.2 Å². The van der Waals surface area contributed by atoms with Crippen molar-refractivity contribution in [3.05, 3.63) is 30.1 Å². The number of rotatable bonds is 5. The molecule has 0 amide bonds. The smallest absolute Gasteiger partial charge is 0.224 e. The number of nitrogens with zero attached hydrogens (tertiary/aromatic N) is 3. The second kappa shape index (κ2) is 7.49. The van der Waals surface area contributed by atoms with Gasteiger partial charge < -0.3 is 14.7 Å². The number of benzene rings is 1. The molecule has 0 aliphatic carbocycles. The Labute approximate surface area is 156 Å². The van der Waals surface area contributed by atoms with Gasteiger partial charge in [0.25, 0.3) is 0 Å². The lowest BCUT2D eigenvalue weighted by Crippen LogP contribution is -2.51. The van der Waals surface area contributed by atoms with Gasteiger partial charge in [0.1, 0.15) is 5.82 Å². The minimum Gasteiger partial charge on any atom is -0.477 e. The highest BCUT2D eigenvalue weighted by molar-refractivity contribution is 5.83. The Morgan fingerprint density at radius 3 is 2.54 bits per heavy atom. The number of ether oxygens (including phenoxy) is 1. The van der Waals surface area contributed by atoms with Crippen LogP contribution >= 0.6 is 0 Å². The molecule has 1 saturated heterocycles. The molecule has 0 spiro atoms. The molecule has 26 heavy (non-hydrogen) atoms. The number of aryl methyl sites for hydroxylation is 1. The largest absolute Gasteiger partial charge is 0.477 e. The standard InChI is InChI=1S/C21H31N3O2/c1-16-22-18-9-6-5-8-17(18)19(23-16)26-15-7-12-24-13-10-21(25,11-14-24)20(2,3)4/h5-6,8-9,25H,7,10-15H2,1-4H3. The Kier molecular flexibility index (Phi) is 5.49. The number of hydrogen-bond donors (Lipinski definition) is 1. The van der Waals surface area contributed by atoms with Crippen LogP contribution in [0.5, 0.6) is 5.88 Å². The minimum atomic E-state index is -0.544. The summed E-state index contributed by atoms with van der Waals surface area (Å²) in [6.45, 7) is 11.8. The van der Waals surface area contributed by atoms with Gasteiger partial charge in [0, 0.05) is 19.6 Å². The SMILES string of the molecule is Cc1nc(OCCCN2CCC(O)(C(C)(C)C)CC2)c2ccccc2n1. The maximum Gasteiger partial charge on any atom is 0.224 e. The van der Waals surface area contributed by atoms with Gasteiger partial charge in [-0.3, -0.25) is 0 Å². The summed E-state index contributed by atoms with van der Waals surface area (Å²) in [7, 11) is 0. The Hall–Kier alpha value is -1.72. The molecule has 0 atom stereocenters. The molecule has 2 heterocycles. The van der Waals surface area contributed by atoms with Crippen LogP contribution in [0, 0.1) is 12.3 Å². The van der Waals surface area contributed by atoms with Crippen molar-refractivity contribution in [1.29, 1.82) is 0 Å². The van der Waals surface area contributed by atoms with Gasteiger partial charge in [-0.1, -0.05) is 32.9 Å².